The van der Waals surface area contributed by atoms with Crippen molar-refractivity contribution in [3.63, 3.8) is 0 Å². The molecule has 2 atom stereocenters. The number of esters is 1. The monoisotopic (exact) mass is 567 g/mol. The van der Waals surface area contributed by atoms with Crippen molar-refractivity contribution in [3.05, 3.63) is 67.8 Å². The lowest BCUT2D eigenvalue weighted by atomic mass is 9.99. The quantitative estimate of drug-likeness (QED) is 0.109. The molecule has 0 aliphatic carbocycles. The van der Waals surface area contributed by atoms with E-state index in [4.69, 9.17) is 14.6 Å². The zero-order valence-electron chi connectivity index (χ0n) is 23.4. The summed E-state index contributed by atoms with van der Waals surface area (Å²) in [5, 5.41) is 18.8. The number of allylic oxidation sites excluding steroid dienone is 2. The van der Waals surface area contributed by atoms with E-state index in [1.807, 2.05) is 36.4 Å². The first kappa shape index (κ1) is 33.2. The van der Waals surface area contributed by atoms with Crippen LogP contribution in [0.25, 0.3) is 10.8 Å². The van der Waals surface area contributed by atoms with Crippen molar-refractivity contribution in [2.75, 3.05) is 38.3 Å². The third-order valence-corrected chi connectivity index (χ3v) is 6.16. The van der Waals surface area contributed by atoms with Crippen LogP contribution in [-0.4, -0.2) is 67.8 Å². The van der Waals surface area contributed by atoms with E-state index >= 15 is 0 Å². The Labute approximate surface area is 241 Å². The highest BCUT2D eigenvalue weighted by Crippen LogP contribution is 2.19. The summed E-state index contributed by atoms with van der Waals surface area (Å²) < 4.78 is 10.5. The molecule has 0 unspecified atom stereocenters. The number of amides is 3. The fourth-order valence-electron chi connectivity index (χ4n) is 3.98. The van der Waals surface area contributed by atoms with Crippen LogP contribution in [0.3, 0.4) is 0 Å². The van der Waals surface area contributed by atoms with Gasteiger partial charge >= 0.3 is 5.97 Å². The van der Waals surface area contributed by atoms with E-state index < -0.39 is 29.7 Å². The highest BCUT2D eigenvalue weighted by Gasteiger charge is 2.28. The van der Waals surface area contributed by atoms with E-state index in [1.165, 1.54) is 6.08 Å². The smallest absolute Gasteiger partial charge is 0.305 e. The summed E-state index contributed by atoms with van der Waals surface area (Å²) in [6, 6.07) is 11.9. The van der Waals surface area contributed by atoms with Crippen LogP contribution in [0.1, 0.15) is 38.5 Å². The van der Waals surface area contributed by atoms with Gasteiger partial charge in [0.25, 0.3) is 5.91 Å². The molecule has 2 aromatic rings. The van der Waals surface area contributed by atoms with E-state index in [1.54, 1.807) is 12.1 Å². The zero-order chi connectivity index (χ0) is 29.9. The third-order valence-electron chi connectivity index (χ3n) is 6.16. The average molecular weight is 568 g/mol. The lowest BCUT2D eigenvalue weighted by Crippen LogP contribution is -2.49. The molecule has 0 radical (unpaired) electrons. The molecule has 2 rings (SSSR count). The maximum Gasteiger partial charge on any atom is 0.305 e. The Kier molecular flexibility index (Phi) is 15.5. The molecule has 41 heavy (non-hydrogen) atoms. The number of carbonyl (C=O) groups is 4. The largest absolute Gasteiger partial charge is 0.463 e. The average Bonchev–Trinajstić information content (AvgIpc) is 2.96. The van der Waals surface area contributed by atoms with Gasteiger partial charge in [-0.05, 0) is 48.6 Å². The van der Waals surface area contributed by atoms with Crippen LogP contribution < -0.4 is 16.0 Å². The van der Waals surface area contributed by atoms with E-state index in [0.717, 1.165) is 23.6 Å². The van der Waals surface area contributed by atoms with Gasteiger partial charge in [0.15, 0.2) is 0 Å². The minimum Gasteiger partial charge on any atom is -0.463 e. The Hall–Kier alpha value is -4.02. The summed E-state index contributed by atoms with van der Waals surface area (Å²) in [5.41, 5.74) is 0.522. The van der Waals surface area contributed by atoms with Crippen LogP contribution in [0, 0.1) is 5.92 Å². The van der Waals surface area contributed by atoms with Crippen LogP contribution in [0.15, 0.2) is 67.8 Å². The summed E-state index contributed by atoms with van der Waals surface area (Å²) in [7, 11) is 0. The molecular weight excluding hydrogens is 526 g/mol. The zero-order valence-corrected chi connectivity index (χ0v) is 23.4. The van der Waals surface area contributed by atoms with Gasteiger partial charge in [-0.25, -0.2) is 0 Å². The normalized spacial score (nSPS) is 12.1. The number of hydrogen-bond donors (Lipinski definition) is 4. The molecule has 2 aromatic carbocycles. The SMILES string of the molecule is C=CCCCCC(=O)OC[C@H](NC(=O)[C@H](CC=C)CC(=O)NCCOCCO)C(=O)Nc1ccc2ccccc2c1. The van der Waals surface area contributed by atoms with Crippen molar-refractivity contribution in [2.45, 2.75) is 44.6 Å². The molecular formula is C31H41N3O7. The van der Waals surface area contributed by atoms with Crippen molar-refractivity contribution < 1.29 is 33.8 Å². The minimum atomic E-state index is -1.19. The number of ether oxygens (including phenoxy) is 2. The Morgan fingerprint density at radius 2 is 1.73 bits per heavy atom. The number of benzene rings is 2. The second-order valence-electron chi connectivity index (χ2n) is 9.44. The van der Waals surface area contributed by atoms with Crippen molar-refractivity contribution in [3.8, 4) is 0 Å². The van der Waals surface area contributed by atoms with Gasteiger partial charge < -0.3 is 30.5 Å². The highest BCUT2D eigenvalue weighted by molar-refractivity contribution is 5.99. The molecule has 0 saturated heterocycles. The lowest BCUT2D eigenvalue weighted by Gasteiger charge is -2.22. The second kappa shape index (κ2) is 19.1. The number of hydrogen-bond acceptors (Lipinski definition) is 7. The van der Waals surface area contributed by atoms with E-state index in [2.05, 4.69) is 29.1 Å². The van der Waals surface area contributed by atoms with Crippen molar-refractivity contribution >= 4 is 40.2 Å². The summed E-state index contributed by atoms with van der Waals surface area (Å²) in [5.74, 6) is -2.75. The summed E-state index contributed by atoms with van der Waals surface area (Å²) in [6.07, 6.45) is 5.74. The van der Waals surface area contributed by atoms with Gasteiger partial charge in [0.2, 0.25) is 11.8 Å². The standard InChI is InChI=1S/C31H41N3O7/c1-3-5-6-7-13-29(37)41-22-27(31(39)33-26-15-14-23-11-8-9-12-24(23)20-26)34-30(38)25(10-4-2)21-28(36)32-16-18-40-19-17-35/h3-4,8-9,11-12,14-15,20,25,27,35H,1-2,5-7,10,13,16-19,21-22H2,(H,32,36)(H,33,39)(H,34,38)/t25-,27+/m1/s1. The molecule has 10 heteroatoms. The van der Waals surface area contributed by atoms with Crippen LogP contribution in [0.5, 0.6) is 0 Å². The predicted molar refractivity (Wildman–Crippen MR) is 158 cm³/mol. The molecule has 0 aromatic heterocycles. The molecule has 0 saturated carbocycles. The second-order valence-corrected chi connectivity index (χ2v) is 9.44. The van der Waals surface area contributed by atoms with Gasteiger partial charge in [-0.1, -0.05) is 42.5 Å². The number of carbonyl (C=O) groups excluding carboxylic acids is 4. The van der Waals surface area contributed by atoms with Gasteiger partial charge in [-0.3, -0.25) is 19.2 Å². The molecule has 222 valence electrons. The van der Waals surface area contributed by atoms with Crippen molar-refractivity contribution in [2.24, 2.45) is 5.92 Å². The van der Waals surface area contributed by atoms with Gasteiger partial charge in [-0.2, -0.15) is 0 Å². The van der Waals surface area contributed by atoms with Crippen molar-refractivity contribution in [1.29, 1.82) is 0 Å². The molecule has 0 fully saturated rings. The summed E-state index contributed by atoms with van der Waals surface area (Å²) >= 11 is 0. The Balaban J connectivity index is 2.07. The van der Waals surface area contributed by atoms with Crippen LogP contribution in [-0.2, 0) is 28.7 Å². The fraction of sp³-hybridized carbons (Fsp3) is 0.419. The maximum atomic E-state index is 13.3. The Morgan fingerprint density at radius 3 is 2.46 bits per heavy atom. The summed E-state index contributed by atoms with van der Waals surface area (Å²) in [4.78, 5) is 51.2. The number of unbranched alkanes of at least 4 members (excludes halogenated alkanes) is 2. The van der Waals surface area contributed by atoms with E-state index in [9.17, 15) is 19.2 Å². The molecule has 0 spiro atoms. The molecule has 4 N–H and O–H groups in total. The third kappa shape index (κ3) is 12.8. The molecule has 0 aliphatic heterocycles. The molecule has 3 amide bonds. The van der Waals surface area contributed by atoms with E-state index in [0.29, 0.717) is 12.1 Å². The minimum absolute atomic E-state index is 0.115. The van der Waals surface area contributed by atoms with Crippen LogP contribution >= 0.6 is 0 Å². The number of anilines is 1. The number of fused-ring (bicyclic) bond motifs is 1. The van der Waals surface area contributed by atoms with Crippen molar-refractivity contribution in [1.82, 2.24) is 10.6 Å². The molecule has 0 heterocycles. The first-order chi connectivity index (χ1) is 19.9. The molecule has 0 bridgehead atoms. The lowest BCUT2D eigenvalue weighted by molar-refractivity contribution is -0.146. The van der Waals surface area contributed by atoms with Gasteiger partial charge in [0.05, 0.1) is 25.7 Å². The number of aliphatic hydroxyl groups is 1. The predicted octanol–water partition coefficient (Wildman–Crippen LogP) is 3.26. The van der Waals surface area contributed by atoms with Gasteiger partial charge in [-0.15, -0.1) is 13.2 Å². The van der Waals surface area contributed by atoms with Crippen LogP contribution in [0.2, 0.25) is 0 Å². The first-order valence-electron chi connectivity index (χ1n) is 13.8. The topological polar surface area (TPSA) is 143 Å². The Bertz CT molecular complexity index is 1170. The van der Waals surface area contributed by atoms with E-state index in [-0.39, 0.29) is 58.1 Å². The fourth-order valence-corrected chi connectivity index (χ4v) is 3.98. The first-order valence-corrected chi connectivity index (χ1v) is 13.8. The van der Waals surface area contributed by atoms with Gasteiger partial charge in [0, 0.05) is 25.1 Å². The number of aliphatic hydroxyl groups excluding tert-OH is 1. The number of nitrogens with one attached hydrogen (secondary N) is 3. The molecule has 10 nitrogen and oxygen atoms in total. The molecule has 0 aliphatic rings. The van der Waals surface area contributed by atoms with Gasteiger partial charge in [0.1, 0.15) is 12.6 Å². The number of rotatable bonds is 20. The summed E-state index contributed by atoms with van der Waals surface area (Å²) in [6.45, 7) is 7.47. The maximum absolute atomic E-state index is 13.3. The Morgan fingerprint density at radius 1 is 0.951 bits per heavy atom. The van der Waals surface area contributed by atoms with Crippen LogP contribution in [0.4, 0.5) is 5.69 Å². The highest BCUT2D eigenvalue weighted by atomic mass is 16.5.